The number of allylic oxidation sites excluding steroid dienone is 2. The molecule has 0 bridgehead atoms. The van der Waals surface area contributed by atoms with Crippen LogP contribution in [0.4, 0.5) is 4.39 Å². The summed E-state index contributed by atoms with van der Waals surface area (Å²) in [6.07, 6.45) is 7.89. The Bertz CT molecular complexity index is 354. The lowest BCUT2D eigenvalue weighted by Crippen LogP contribution is -2.21. The van der Waals surface area contributed by atoms with Gasteiger partial charge in [0.2, 0.25) is 0 Å². The van der Waals surface area contributed by atoms with Crippen LogP contribution in [0.5, 0.6) is 0 Å². The van der Waals surface area contributed by atoms with E-state index in [4.69, 9.17) is 0 Å². The highest BCUT2D eigenvalue weighted by Crippen LogP contribution is 2.34. The van der Waals surface area contributed by atoms with Gasteiger partial charge in [-0.05, 0) is 37.0 Å². The number of halogens is 1. The second kappa shape index (κ2) is 3.56. The van der Waals surface area contributed by atoms with E-state index in [0.717, 1.165) is 18.4 Å². The maximum absolute atomic E-state index is 13.1. The highest BCUT2D eigenvalue weighted by molar-refractivity contribution is 5.31. The first kappa shape index (κ1) is 9.45. The van der Waals surface area contributed by atoms with Gasteiger partial charge in [0, 0.05) is 5.41 Å². The molecule has 0 aliphatic heterocycles. The number of benzene rings is 1. The third kappa shape index (κ3) is 1.72. The Kier molecular flexibility index (Phi) is 2.40. The molecule has 0 unspecified atom stereocenters. The van der Waals surface area contributed by atoms with Crippen LogP contribution in [0, 0.1) is 5.82 Å². The molecule has 0 heterocycles. The molecule has 0 amide bonds. The quantitative estimate of drug-likeness (QED) is 0.590. The lowest BCUT2D eigenvalue weighted by molar-refractivity contribution is 0.492. The van der Waals surface area contributed by atoms with Crippen LogP contribution in [0.25, 0.3) is 0 Å². The predicted molar refractivity (Wildman–Crippen MR) is 56.7 cm³/mol. The Morgan fingerprint density at radius 2 is 2.21 bits per heavy atom. The van der Waals surface area contributed by atoms with Crippen molar-refractivity contribution in [3.8, 4) is 0 Å². The van der Waals surface area contributed by atoms with Crippen molar-refractivity contribution >= 4 is 0 Å². The molecular formula is C13H15F. The molecule has 0 nitrogen and oxygen atoms in total. The van der Waals surface area contributed by atoms with E-state index in [0.29, 0.717) is 0 Å². The molecule has 0 fully saturated rings. The first-order valence-corrected chi connectivity index (χ1v) is 5.14. The second-order valence-corrected chi connectivity index (χ2v) is 4.22. The van der Waals surface area contributed by atoms with E-state index in [9.17, 15) is 4.39 Å². The van der Waals surface area contributed by atoms with Gasteiger partial charge in [-0.3, -0.25) is 0 Å². The molecule has 1 aromatic carbocycles. The summed E-state index contributed by atoms with van der Waals surface area (Å²) in [5, 5.41) is 0. The van der Waals surface area contributed by atoms with Crippen LogP contribution in [0.1, 0.15) is 31.7 Å². The van der Waals surface area contributed by atoms with Crippen molar-refractivity contribution in [2.24, 2.45) is 0 Å². The highest BCUT2D eigenvalue weighted by Gasteiger charge is 2.24. The molecule has 1 aliphatic carbocycles. The summed E-state index contributed by atoms with van der Waals surface area (Å²) in [6.45, 7) is 2.18. The maximum atomic E-state index is 13.1. The molecule has 1 heteroatoms. The summed E-state index contributed by atoms with van der Waals surface area (Å²) in [5.41, 5.74) is 1.13. The Morgan fingerprint density at radius 3 is 2.86 bits per heavy atom. The number of hydrogen-bond acceptors (Lipinski definition) is 0. The SMILES string of the molecule is C[C@]1(c2cccc(F)c2)C=CCCC1. The largest absolute Gasteiger partial charge is 0.207 e. The third-order valence-corrected chi connectivity index (χ3v) is 3.04. The molecular weight excluding hydrogens is 175 g/mol. The molecule has 0 aromatic heterocycles. The molecule has 74 valence electrons. The van der Waals surface area contributed by atoms with Gasteiger partial charge in [0.1, 0.15) is 5.82 Å². The lowest BCUT2D eigenvalue weighted by Gasteiger charge is -2.29. The summed E-state index contributed by atoms with van der Waals surface area (Å²) in [7, 11) is 0. The molecule has 0 saturated carbocycles. The van der Waals surface area contributed by atoms with Gasteiger partial charge in [-0.15, -0.1) is 0 Å². The van der Waals surface area contributed by atoms with Crippen LogP contribution >= 0.6 is 0 Å². The fourth-order valence-corrected chi connectivity index (χ4v) is 2.10. The highest BCUT2D eigenvalue weighted by atomic mass is 19.1. The summed E-state index contributed by atoms with van der Waals surface area (Å²) in [6, 6.07) is 6.95. The minimum atomic E-state index is -0.136. The fourth-order valence-electron chi connectivity index (χ4n) is 2.10. The monoisotopic (exact) mass is 190 g/mol. The molecule has 0 spiro atoms. The van der Waals surface area contributed by atoms with Crippen molar-refractivity contribution < 1.29 is 4.39 Å². The summed E-state index contributed by atoms with van der Waals surface area (Å²) in [5.74, 6) is -0.136. The van der Waals surface area contributed by atoms with E-state index >= 15 is 0 Å². The van der Waals surface area contributed by atoms with Gasteiger partial charge >= 0.3 is 0 Å². The average Bonchev–Trinajstić information content (AvgIpc) is 2.19. The number of rotatable bonds is 1. The van der Waals surface area contributed by atoms with Crippen LogP contribution < -0.4 is 0 Å². The van der Waals surface area contributed by atoms with Crippen LogP contribution in [0.3, 0.4) is 0 Å². The zero-order valence-corrected chi connectivity index (χ0v) is 8.46. The topological polar surface area (TPSA) is 0 Å². The van der Waals surface area contributed by atoms with Gasteiger partial charge in [-0.1, -0.05) is 31.2 Å². The van der Waals surface area contributed by atoms with Gasteiger partial charge in [0.05, 0.1) is 0 Å². The summed E-state index contributed by atoms with van der Waals surface area (Å²) in [4.78, 5) is 0. The molecule has 1 aliphatic rings. The van der Waals surface area contributed by atoms with Crippen LogP contribution in [0.2, 0.25) is 0 Å². The van der Waals surface area contributed by atoms with E-state index in [1.807, 2.05) is 6.07 Å². The van der Waals surface area contributed by atoms with Crippen LogP contribution in [-0.4, -0.2) is 0 Å². The van der Waals surface area contributed by atoms with Crippen molar-refractivity contribution in [2.45, 2.75) is 31.6 Å². The molecule has 1 aromatic rings. The molecule has 2 rings (SSSR count). The van der Waals surface area contributed by atoms with Gasteiger partial charge in [-0.25, -0.2) is 4.39 Å². The van der Waals surface area contributed by atoms with E-state index < -0.39 is 0 Å². The summed E-state index contributed by atoms with van der Waals surface area (Å²) >= 11 is 0. The Labute approximate surface area is 84.5 Å². The van der Waals surface area contributed by atoms with Gasteiger partial charge in [0.15, 0.2) is 0 Å². The number of hydrogen-bond donors (Lipinski definition) is 0. The second-order valence-electron chi connectivity index (χ2n) is 4.22. The molecule has 14 heavy (non-hydrogen) atoms. The molecule has 0 radical (unpaired) electrons. The normalized spacial score (nSPS) is 26.4. The Hall–Kier alpha value is -1.11. The fraction of sp³-hybridized carbons (Fsp3) is 0.385. The molecule has 0 N–H and O–H groups in total. The van der Waals surface area contributed by atoms with Crippen LogP contribution in [-0.2, 0) is 5.41 Å². The van der Waals surface area contributed by atoms with E-state index in [1.165, 1.54) is 12.5 Å². The van der Waals surface area contributed by atoms with E-state index in [1.54, 1.807) is 12.1 Å². The first-order valence-electron chi connectivity index (χ1n) is 5.14. The Morgan fingerprint density at radius 1 is 1.36 bits per heavy atom. The van der Waals surface area contributed by atoms with Crippen molar-refractivity contribution in [1.82, 2.24) is 0 Å². The Balaban J connectivity index is 2.37. The average molecular weight is 190 g/mol. The van der Waals surface area contributed by atoms with Gasteiger partial charge in [0.25, 0.3) is 0 Å². The first-order chi connectivity index (χ1) is 6.71. The minimum Gasteiger partial charge on any atom is -0.207 e. The van der Waals surface area contributed by atoms with Gasteiger partial charge in [-0.2, -0.15) is 0 Å². The molecule has 1 atom stereocenters. The van der Waals surface area contributed by atoms with Crippen molar-refractivity contribution in [3.63, 3.8) is 0 Å². The van der Waals surface area contributed by atoms with E-state index in [-0.39, 0.29) is 11.2 Å². The third-order valence-electron chi connectivity index (χ3n) is 3.04. The molecule has 0 saturated heterocycles. The minimum absolute atomic E-state index is 0.0420. The maximum Gasteiger partial charge on any atom is 0.123 e. The zero-order valence-electron chi connectivity index (χ0n) is 8.46. The lowest BCUT2D eigenvalue weighted by atomic mass is 9.75. The standard InChI is InChI=1S/C13H15F/c1-13(8-3-2-4-9-13)11-6-5-7-12(14)10-11/h3,5-8,10H,2,4,9H2,1H3/t13-/m0/s1. The predicted octanol–water partition coefficient (Wildman–Crippen LogP) is 3.82. The van der Waals surface area contributed by atoms with Gasteiger partial charge < -0.3 is 0 Å². The van der Waals surface area contributed by atoms with Crippen molar-refractivity contribution in [3.05, 3.63) is 47.8 Å². The zero-order chi connectivity index (χ0) is 10.0. The van der Waals surface area contributed by atoms with E-state index in [2.05, 4.69) is 19.1 Å². The van der Waals surface area contributed by atoms with Crippen molar-refractivity contribution in [1.29, 1.82) is 0 Å². The smallest absolute Gasteiger partial charge is 0.123 e. The summed E-state index contributed by atoms with van der Waals surface area (Å²) < 4.78 is 13.1. The van der Waals surface area contributed by atoms with Crippen molar-refractivity contribution in [2.75, 3.05) is 0 Å². The van der Waals surface area contributed by atoms with Crippen LogP contribution in [0.15, 0.2) is 36.4 Å².